The summed E-state index contributed by atoms with van der Waals surface area (Å²) in [6.07, 6.45) is 0. The molecule has 1 aromatic heterocycles. The molecule has 0 fully saturated rings. The van der Waals surface area contributed by atoms with Gasteiger partial charge in [-0.2, -0.15) is 11.8 Å². The molecule has 5 nitrogen and oxygen atoms in total. The first-order valence-electron chi connectivity index (χ1n) is 6.94. The standard InChI is InChI=1S/C15H20N2O3S2/c1-17(2)8-10-4-5-11(22-10)9-21-7-6-16-12-13(18)14(19)15(12)20-3/h4-5,16H,6-9H2,1-3H3. The second kappa shape index (κ2) is 7.80. The van der Waals surface area contributed by atoms with Crippen molar-refractivity contribution in [1.82, 2.24) is 4.90 Å². The zero-order chi connectivity index (χ0) is 16.1. The Morgan fingerprint density at radius 1 is 1.23 bits per heavy atom. The molecule has 2 rings (SSSR count). The normalized spacial score (nSPS) is 11.3. The number of anilines is 1. The van der Waals surface area contributed by atoms with E-state index in [9.17, 15) is 9.59 Å². The van der Waals surface area contributed by atoms with Crippen LogP contribution < -0.4 is 20.9 Å². The number of hydrogen-bond donors (Lipinski definition) is 1. The molecule has 7 heteroatoms. The molecule has 0 aliphatic carbocycles. The fourth-order valence-electron chi connectivity index (χ4n) is 2.04. The maximum Gasteiger partial charge on any atom is 0.271 e. The lowest BCUT2D eigenvalue weighted by atomic mass is 10.2. The van der Waals surface area contributed by atoms with Crippen molar-refractivity contribution in [3.05, 3.63) is 42.3 Å². The highest BCUT2D eigenvalue weighted by Crippen LogP contribution is 2.22. The van der Waals surface area contributed by atoms with Gasteiger partial charge in [-0.15, -0.1) is 11.3 Å². The first-order valence-corrected chi connectivity index (χ1v) is 8.91. The number of methoxy groups -OCH3 is 1. The van der Waals surface area contributed by atoms with Crippen molar-refractivity contribution in [1.29, 1.82) is 0 Å². The van der Waals surface area contributed by atoms with Crippen LogP contribution in [-0.4, -0.2) is 38.4 Å². The number of thioether (sulfide) groups is 1. The molecule has 2 aromatic rings. The van der Waals surface area contributed by atoms with Crippen LogP contribution in [0.3, 0.4) is 0 Å². The summed E-state index contributed by atoms with van der Waals surface area (Å²) in [7, 11) is 5.53. The van der Waals surface area contributed by atoms with Gasteiger partial charge in [-0.3, -0.25) is 9.59 Å². The lowest BCUT2D eigenvalue weighted by Crippen LogP contribution is -2.35. The molecule has 0 unspecified atom stereocenters. The lowest BCUT2D eigenvalue weighted by Gasteiger charge is -2.11. The zero-order valence-electron chi connectivity index (χ0n) is 13.0. The van der Waals surface area contributed by atoms with Gasteiger partial charge in [-0.1, -0.05) is 0 Å². The summed E-state index contributed by atoms with van der Waals surface area (Å²) in [6.45, 7) is 1.61. The van der Waals surface area contributed by atoms with Crippen LogP contribution in [0.15, 0.2) is 21.7 Å². The first kappa shape index (κ1) is 17.1. The van der Waals surface area contributed by atoms with E-state index in [1.165, 1.54) is 16.9 Å². The van der Waals surface area contributed by atoms with Crippen LogP contribution in [0.2, 0.25) is 0 Å². The van der Waals surface area contributed by atoms with E-state index in [2.05, 4.69) is 36.4 Å². The van der Waals surface area contributed by atoms with Crippen LogP contribution >= 0.6 is 23.1 Å². The number of nitrogens with one attached hydrogen (secondary N) is 1. The van der Waals surface area contributed by atoms with Crippen molar-refractivity contribution in [2.45, 2.75) is 12.3 Å². The summed E-state index contributed by atoms with van der Waals surface area (Å²) < 4.78 is 4.88. The van der Waals surface area contributed by atoms with E-state index < -0.39 is 10.9 Å². The second-order valence-electron chi connectivity index (χ2n) is 5.15. The number of rotatable bonds is 9. The molecule has 0 amide bonds. The van der Waals surface area contributed by atoms with E-state index in [0.717, 1.165) is 18.1 Å². The van der Waals surface area contributed by atoms with Crippen molar-refractivity contribution in [3.8, 4) is 5.75 Å². The fourth-order valence-corrected chi connectivity index (χ4v) is 4.15. The van der Waals surface area contributed by atoms with Gasteiger partial charge in [0, 0.05) is 34.3 Å². The summed E-state index contributed by atoms with van der Waals surface area (Å²) >= 11 is 3.64. The van der Waals surface area contributed by atoms with E-state index in [0.29, 0.717) is 12.2 Å². The van der Waals surface area contributed by atoms with Gasteiger partial charge in [0.05, 0.1) is 7.11 Å². The molecule has 120 valence electrons. The molecule has 1 N–H and O–H groups in total. The largest absolute Gasteiger partial charge is 0.491 e. The van der Waals surface area contributed by atoms with Gasteiger partial charge in [-0.05, 0) is 26.2 Å². The third kappa shape index (κ3) is 4.12. The Labute approximate surface area is 138 Å². The van der Waals surface area contributed by atoms with Crippen LogP contribution in [0.4, 0.5) is 5.69 Å². The van der Waals surface area contributed by atoms with Gasteiger partial charge < -0.3 is 15.0 Å². The summed E-state index contributed by atoms with van der Waals surface area (Å²) in [5, 5.41) is 2.98. The Kier molecular flexibility index (Phi) is 6.05. The van der Waals surface area contributed by atoms with E-state index in [1.54, 1.807) is 11.8 Å². The molecule has 22 heavy (non-hydrogen) atoms. The Morgan fingerprint density at radius 2 is 1.95 bits per heavy atom. The number of thiophene rings is 1. The highest BCUT2D eigenvalue weighted by Gasteiger charge is 2.20. The van der Waals surface area contributed by atoms with Gasteiger partial charge in [0.1, 0.15) is 5.69 Å². The van der Waals surface area contributed by atoms with Crippen LogP contribution in [0.1, 0.15) is 9.75 Å². The summed E-state index contributed by atoms with van der Waals surface area (Å²) in [4.78, 5) is 27.4. The first-order chi connectivity index (χ1) is 10.5. The van der Waals surface area contributed by atoms with Crippen molar-refractivity contribution in [2.75, 3.05) is 38.8 Å². The topological polar surface area (TPSA) is 58.6 Å². The number of nitrogens with zero attached hydrogens (tertiary/aromatic N) is 1. The second-order valence-corrected chi connectivity index (χ2v) is 7.51. The quantitative estimate of drug-likeness (QED) is 0.554. The molecule has 1 aromatic carbocycles. The monoisotopic (exact) mass is 340 g/mol. The van der Waals surface area contributed by atoms with Crippen LogP contribution in [0.5, 0.6) is 5.75 Å². The van der Waals surface area contributed by atoms with E-state index in [4.69, 9.17) is 4.74 Å². The third-order valence-electron chi connectivity index (χ3n) is 3.05. The smallest absolute Gasteiger partial charge is 0.271 e. The predicted octanol–water partition coefficient (Wildman–Crippen LogP) is 1.76. The lowest BCUT2D eigenvalue weighted by molar-refractivity contribution is 0.406. The molecule has 0 aliphatic heterocycles. The minimum Gasteiger partial charge on any atom is -0.491 e. The van der Waals surface area contributed by atoms with Crippen molar-refractivity contribution in [3.63, 3.8) is 0 Å². The minimum atomic E-state index is -0.537. The SMILES string of the molecule is COc1c(NCCSCc2ccc(CN(C)C)s2)c(=O)c1=O. The number of ether oxygens (including phenoxy) is 1. The molecule has 0 atom stereocenters. The van der Waals surface area contributed by atoms with Crippen LogP contribution in [0.25, 0.3) is 0 Å². The maximum atomic E-state index is 11.3. The summed E-state index contributed by atoms with van der Waals surface area (Å²) in [5.41, 5.74) is -0.699. The molecule has 0 bridgehead atoms. The molecule has 0 saturated carbocycles. The molecule has 1 heterocycles. The molecular formula is C15H20N2O3S2. The Morgan fingerprint density at radius 3 is 2.64 bits per heavy atom. The Hall–Kier alpha value is -1.31. The molecule has 0 saturated heterocycles. The molecule has 0 spiro atoms. The average molecular weight is 340 g/mol. The van der Waals surface area contributed by atoms with Gasteiger partial charge in [0.25, 0.3) is 10.9 Å². The fraction of sp³-hybridized carbons (Fsp3) is 0.467. The number of hydrogen-bond acceptors (Lipinski definition) is 7. The molecular weight excluding hydrogens is 320 g/mol. The average Bonchev–Trinajstić information content (AvgIpc) is 2.91. The highest BCUT2D eigenvalue weighted by molar-refractivity contribution is 7.98. The molecule has 0 radical (unpaired) electrons. The van der Waals surface area contributed by atoms with Crippen molar-refractivity contribution >= 4 is 28.8 Å². The van der Waals surface area contributed by atoms with E-state index in [1.807, 2.05) is 11.3 Å². The van der Waals surface area contributed by atoms with Gasteiger partial charge in [0.2, 0.25) is 0 Å². The predicted molar refractivity (Wildman–Crippen MR) is 94.3 cm³/mol. The van der Waals surface area contributed by atoms with Gasteiger partial charge >= 0.3 is 0 Å². The third-order valence-corrected chi connectivity index (χ3v) is 5.31. The van der Waals surface area contributed by atoms with Crippen LogP contribution in [0, 0.1) is 0 Å². The van der Waals surface area contributed by atoms with Gasteiger partial charge in [0.15, 0.2) is 5.75 Å². The van der Waals surface area contributed by atoms with Crippen molar-refractivity contribution < 1.29 is 4.74 Å². The van der Waals surface area contributed by atoms with Crippen LogP contribution in [-0.2, 0) is 12.3 Å². The Balaban J connectivity index is 1.69. The zero-order valence-corrected chi connectivity index (χ0v) is 14.6. The minimum absolute atomic E-state index is 0.154. The summed E-state index contributed by atoms with van der Waals surface area (Å²) in [6, 6.07) is 4.34. The molecule has 0 aliphatic rings. The highest BCUT2D eigenvalue weighted by atomic mass is 32.2. The van der Waals surface area contributed by atoms with Crippen molar-refractivity contribution in [2.24, 2.45) is 0 Å². The Bertz CT molecular complexity index is 687. The maximum absolute atomic E-state index is 11.3. The van der Waals surface area contributed by atoms with E-state index >= 15 is 0 Å². The van der Waals surface area contributed by atoms with Gasteiger partial charge in [-0.25, -0.2) is 0 Å². The van der Waals surface area contributed by atoms with E-state index in [-0.39, 0.29) is 5.75 Å². The summed E-state index contributed by atoms with van der Waals surface area (Å²) in [5.74, 6) is 1.98.